The van der Waals surface area contributed by atoms with E-state index in [1.165, 1.54) is 0 Å². The van der Waals surface area contributed by atoms with E-state index < -0.39 is 0 Å². The molecule has 1 N–H and O–H groups in total. The van der Waals surface area contributed by atoms with E-state index in [2.05, 4.69) is 5.32 Å². The Morgan fingerprint density at radius 3 is 2.95 bits per heavy atom. The lowest BCUT2D eigenvalue weighted by atomic mass is 10.1. The number of likely N-dealkylation sites (N-methyl/N-ethyl adjacent to an activating group) is 1. The van der Waals surface area contributed by atoms with Gasteiger partial charge in [0.15, 0.2) is 0 Å². The number of hydrogen-bond donors (Lipinski definition) is 1. The molecule has 0 unspecified atom stereocenters. The fourth-order valence-electron chi connectivity index (χ4n) is 2.21. The van der Waals surface area contributed by atoms with Gasteiger partial charge < -0.3 is 10.2 Å². The van der Waals surface area contributed by atoms with Crippen LogP contribution in [0.3, 0.4) is 0 Å². The molecule has 4 nitrogen and oxygen atoms in total. The normalized spacial score (nSPS) is 18.7. The summed E-state index contributed by atoms with van der Waals surface area (Å²) in [5.41, 5.74) is 1.04. The Balaban J connectivity index is 1.78. The Kier molecular flexibility index (Phi) is 4.43. The molecule has 1 aliphatic heterocycles. The van der Waals surface area contributed by atoms with E-state index in [9.17, 15) is 9.59 Å². The van der Waals surface area contributed by atoms with Crippen LogP contribution in [0.5, 0.6) is 0 Å². The summed E-state index contributed by atoms with van der Waals surface area (Å²) in [4.78, 5) is 24.8. The number of carbonyl (C=O) groups excluding carboxylic acids is 2. The van der Waals surface area contributed by atoms with Gasteiger partial charge in [-0.15, -0.1) is 0 Å². The predicted octanol–water partition coefficient (Wildman–Crippen LogP) is 1.62. The number of likely N-dealkylation sites (tertiary alicyclic amines) is 1. The lowest BCUT2D eigenvalue weighted by molar-refractivity contribution is -0.126. The lowest BCUT2D eigenvalue weighted by Crippen LogP contribution is -2.36. The number of hydrogen-bond acceptors (Lipinski definition) is 2. The number of amides is 2. The molecule has 0 aliphatic carbocycles. The highest BCUT2D eigenvalue weighted by Gasteiger charge is 2.27. The molecule has 2 amide bonds. The van der Waals surface area contributed by atoms with E-state index in [-0.39, 0.29) is 17.9 Å². The summed E-state index contributed by atoms with van der Waals surface area (Å²) >= 11 is 5.89. The van der Waals surface area contributed by atoms with Crippen molar-refractivity contribution < 1.29 is 9.59 Å². The van der Waals surface area contributed by atoms with Crippen LogP contribution in [-0.4, -0.2) is 36.3 Å². The third kappa shape index (κ3) is 3.96. The second-order valence-electron chi connectivity index (χ2n) is 4.87. The summed E-state index contributed by atoms with van der Waals surface area (Å²) in [5.74, 6) is 0.0632. The number of rotatable bonds is 4. The highest BCUT2D eigenvalue weighted by atomic mass is 35.5. The molecule has 102 valence electrons. The zero-order valence-corrected chi connectivity index (χ0v) is 11.6. The predicted molar refractivity (Wildman–Crippen MR) is 74.0 cm³/mol. The summed E-state index contributed by atoms with van der Waals surface area (Å²) in [6, 6.07) is 7.45. The van der Waals surface area contributed by atoms with Crippen molar-refractivity contribution in [3.8, 4) is 0 Å². The topological polar surface area (TPSA) is 49.4 Å². The first-order valence-electron chi connectivity index (χ1n) is 6.32. The Morgan fingerprint density at radius 1 is 1.53 bits per heavy atom. The average Bonchev–Trinajstić information content (AvgIpc) is 2.66. The van der Waals surface area contributed by atoms with Crippen LogP contribution in [0.2, 0.25) is 5.02 Å². The van der Waals surface area contributed by atoms with Crippen LogP contribution in [-0.2, 0) is 16.0 Å². The van der Waals surface area contributed by atoms with Gasteiger partial charge in [-0.25, -0.2) is 0 Å². The van der Waals surface area contributed by atoms with E-state index in [0.717, 1.165) is 5.56 Å². The zero-order valence-electron chi connectivity index (χ0n) is 10.9. The molecule has 0 radical (unpaired) electrons. The molecular weight excluding hydrogens is 264 g/mol. The fraction of sp³-hybridized carbons (Fsp3) is 0.429. The minimum Gasteiger partial charge on any atom is -0.351 e. The Hall–Kier alpha value is -1.55. The molecule has 1 atom stereocenters. The van der Waals surface area contributed by atoms with E-state index in [0.29, 0.717) is 30.8 Å². The van der Waals surface area contributed by atoms with Gasteiger partial charge in [-0.1, -0.05) is 23.7 Å². The van der Waals surface area contributed by atoms with Crippen molar-refractivity contribution in [2.75, 3.05) is 13.6 Å². The third-order valence-corrected chi connectivity index (χ3v) is 3.47. The van der Waals surface area contributed by atoms with E-state index in [4.69, 9.17) is 11.6 Å². The molecule has 2 rings (SSSR count). The van der Waals surface area contributed by atoms with Crippen molar-refractivity contribution in [2.24, 2.45) is 0 Å². The van der Waals surface area contributed by atoms with Crippen molar-refractivity contribution in [3.63, 3.8) is 0 Å². The van der Waals surface area contributed by atoms with E-state index >= 15 is 0 Å². The molecule has 1 saturated heterocycles. The number of aryl methyl sites for hydroxylation is 1. The van der Waals surface area contributed by atoms with Gasteiger partial charge in [-0.2, -0.15) is 0 Å². The highest BCUT2D eigenvalue weighted by Crippen LogP contribution is 2.13. The smallest absolute Gasteiger partial charge is 0.224 e. The van der Waals surface area contributed by atoms with Crippen LogP contribution in [0.25, 0.3) is 0 Å². The van der Waals surface area contributed by atoms with Crippen LogP contribution in [0.4, 0.5) is 0 Å². The van der Waals surface area contributed by atoms with Crippen molar-refractivity contribution in [3.05, 3.63) is 34.9 Å². The molecule has 19 heavy (non-hydrogen) atoms. The van der Waals surface area contributed by atoms with Gasteiger partial charge in [0.25, 0.3) is 0 Å². The molecule has 0 bridgehead atoms. The molecular formula is C14H17ClN2O2. The maximum atomic E-state index is 11.8. The molecule has 0 saturated carbocycles. The molecule has 1 aromatic rings. The highest BCUT2D eigenvalue weighted by molar-refractivity contribution is 6.30. The molecule has 5 heteroatoms. The Bertz CT molecular complexity index is 490. The molecule has 1 heterocycles. The monoisotopic (exact) mass is 280 g/mol. The largest absolute Gasteiger partial charge is 0.351 e. The molecule has 0 spiro atoms. The summed E-state index contributed by atoms with van der Waals surface area (Å²) in [6.07, 6.45) is 1.47. The van der Waals surface area contributed by atoms with E-state index in [1.807, 2.05) is 24.3 Å². The van der Waals surface area contributed by atoms with Crippen LogP contribution in [0, 0.1) is 0 Å². The molecule has 0 aromatic heterocycles. The fourth-order valence-corrected chi connectivity index (χ4v) is 2.42. The van der Waals surface area contributed by atoms with Gasteiger partial charge in [0.1, 0.15) is 0 Å². The summed E-state index contributed by atoms with van der Waals surface area (Å²) in [6.45, 7) is 0.599. The minimum absolute atomic E-state index is 0.0203. The number of halogens is 1. The van der Waals surface area contributed by atoms with Crippen molar-refractivity contribution in [1.82, 2.24) is 10.2 Å². The second kappa shape index (κ2) is 6.06. The Morgan fingerprint density at radius 2 is 2.32 bits per heavy atom. The van der Waals surface area contributed by atoms with Crippen molar-refractivity contribution in [1.29, 1.82) is 0 Å². The molecule has 1 aliphatic rings. The van der Waals surface area contributed by atoms with Crippen LogP contribution in [0.1, 0.15) is 18.4 Å². The van der Waals surface area contributed by atoms with Crippen molar-refractivity contribution in [2.45, 2.75) is 25.3 Å². The van der Waals surface area contributed by atoms with Gasteiger partial charge in [0.05, 0.1) is 6.04 Å². The number of carbonyl (C=O) groups is 2. The van der Waals surface area contributed by atoms with E-state index in [1.54, 1.807) is 11.9 Å². The molecule has 1 fully saturated rings. The van der Waals surface area contributed by atoms with Gasteiger partial charge >= 0.3 is 0 Å². The summed E-state index contributed by atoms with van der Waals surface area (Å²) in [5, 5.41) is 3.57. The zero-order chi connectivity index (χ0) is 13.8. The SMILES string of the molecule is CN1C[C@H](NC(=O)CCc2cccc(Cl)c2)CC1=O. The van der Waals surface area contributed by atoms with Gasteiger partial charge in [0, 0.05) is 31.5 Å². The number of benzene rings is 1. The maximum absolute atomic E-state index is 11.8. The van der Waals surface area contributed by atoms with Crippen LogP contribution >= 0.6 is 11.6 Å². The average molecular weight is 281 g/mol. The van der Waals surface area contributed by atoms with Gasteiger partial charge in [-0.3, -0.25) is 9.59 Å². The van der Waals surface area contributed by atoms with Gasteiger partial charge in [0.2, 0.25) is 11.8 Å². The van der Waals surface area contributed by atoms with Crippen LogP contribution < -0.4 is 5.32 Å². The quantitative estimate of drug-likeness (QED) is 0.911. The summed E-state index contributed by atoms with van der Waals surface area (Å²) < 4.78 is 0. The van der Waals surface area contributed by atoms with Gasteiger partial charge in [-0.05, 0) is 24.1 Å². The first-order valence-corrected chi connectivity index (χ1v) is 6.70. The van der Waals surface area contributed by atoms with Crippen LogP contribution in [0.15, 0.2) is 24.3 Å². The molecule has 1 aromatic carbocycles. The summed E-state index contributed by atoms with van der Waals surface area (Å²) in [7, 11) is 1.75. The first-order chi connectivity index (χ1) is 9.04. The Labute approximate surface area is 117 Å². The second-order valence-corrected chi connectivity index (χ2v) is 5.31. The standard InChI is InChI=1S/C14H17ClN2O2/c1-17-9-12(8-14(17)19)16-13(18)6-5-10-3-2-4-11(15)7-10/h2-4,7,12H,5-6,8-9H2,1H3,(H,16,18)/t12-/m1/s1. The first kappa shape index (κ1) is 13.9. The lowest BCUT2D eigenvalue weighted by Gasteiger charge is -2.12. The minimum atomic E-state index is -0.0515. The maximum Gasteiger partial charge on any atom is 0.224 e. The van der Waals surface area contributed by atoms with Crippen molar-refractivity contribution >= 4 is 23.4 Å². The third-order valence-electron chi connectivity index (χ3n) is 3.24. The number of nitrogens with zero attached hydrogens (tertiary/aromatic N) is 1. The number of nitrogens with one attached hydrogen (secondary N) is 1.